The molecule has 1 aliphatic rings. The van der Waals surface area contributed by atoms with Crippen molar-refractivity contribution in [2.75, 3.05) is 5.32 Å². The van der Waals surface area contributed by atoms with E-state index >= 15 is 0 Å². The van der Waals surface area contributed by atoms with Gasteiger partial charge in [0.25, 0.3) is 0 Å². The average molecular weight is 332 g/mol. The molecule has 1 nitrogen and oxygen atoms in total. The van der Waals surface area contributed by atoms with Crippen molar-refractivity contribution < 1.29 is 8.78 Å². The smallest absolute Gasteiger partial charge is 0.149 e. The minimum atomic E-state index is -0.569. The van der Waals surface area contributed by atoms with Crippen molar-refractivity contribution in [1.82, 2.24) is 0 Å². The van der Waals surface area contributed by atoms with E-state index in [9.17, 15) is 8.78 Å². The van der Waals surface area contributed by atoms with Crippen molar-refractivity contribution >= 4 is 21.6 Å². The van der Waals surface area contributed by atoms with Crippen LogP contribution >= 0.6 is 15.9 Å². The third-order valence-corrected chi connectivity index (χ3v) is 4.65. The number of hydrogen-bond donors (Lipinski definition) is 1. The molecule has 1 aromatic rings. The van der Waals surface area contributed by atoms with Crippen LogP contribution in [0.25, 0.3) is 0 Å². The summed E-state index contributed by atoms with van der Waals surface area (Å²) in [6.07, 6.45) is 3.26. The Morgan fingerprint density at radius 3 is 2.58 bits per heavy atom. The molecule has 2 rings (SSSR count). The van der Waals surface area contributed by atoms with E-state index < -0.39 is 11.6 Å². The molecule has 4 heteroatoms. The Balaban J connectivity index is 2.12. The summed E-state index contributed by atoms with van der Waals surface area (Å²) in [5, 5.41) is 3.23. The van der Waals surface area contributed by atoms with Crippen LogP contribution in [0.4, 0.5) is 14.5 Å². The molecule has 0 radical (unpaired) electrons. The van der Waals surface area contributed by atoms with Crippen molar-refractivity contribution in [2.45, 2.75) is 46.1 Å². The Bertz CT molecular complexity index is 473. The number of anilines is 1. The molecule has 0 amide bonds. The molecule has 2 atom stereocenters. The summed E-state index contributed by atoms with van der Waals surface area (Å²) >= 11 is 3.10. The fraction of sp³-hybridized carbons (Fsp3) is 0.600. The molecule has 1 aromatic carbocycles. The Hall–Kier alpha value is -0.640. The summed E-state index contributed by atoms with van der Waals surface area (Å²) in [6.45, 7) is 6.73. The van der Waals surface area contributed by atoms with Gasteiger partial charge in [0, 0.05) is 12.1 Å². The maximum Gasteiger partial charge on any atom is 0.149 e. The number of benzene rings is 1. The highest BCUT2D eigenvalue weighted by Crippen LogP contribution is 2.40. The van der Waals surface area contributed by atoms with E-state index in [0.717, 1.165) is 25.3 Å². The zero-order valence-corrected chi connectivity index (χ0v) is 13.2. The van der Waals surface area contributed by atoms with Crippen molar-refractivity contribution in [1.29, 1.82) is 0 Å². The fourth-order valence-corrected chi connectivity index (χ4v) is 3.34. The molecule has 1 aliphatic carbocycles. The lowest BCUT2D eigenvalue weighted by Gasteiger charge is -2.40. The maximum absolute atomic E-state index is 13.7. The lowest BCUT2D eigenvalue weighted by atomic mass is 9.70. The van der Waals surface area contributed by atoms with E-state index in [1.807, 2.05) is 0 Å². The highest BCUT2D eigenvalue weighted by Gasteiger charge is 2.32. The van der Waals surface area contributed by atoms with Gasteiger partial charge in [-0.2, -0.15) is 0 Å². The van der Waals surface area contributed by atoms with Crippen LogP contribution in [0, 0.1) is 23.0 Å². The second kappa shape index (κ2) is 5.39. The standard InChI is InChI=1S/C15H20BrF2N/c1-9-8-15(2,3)5-4-13(9)19-14-6-10(16)11(17)7-12(14)18/h6-7,9,13,19H,4-5,8H2,1-3H3. The first-order valence-electron chi connectivity index (χ1n) is 6.69. The van der Waals surface area contributed by atoms with Crippen LogP contribution in [0.1, 0.15) is 40.0 Å². The topological polar surface area (TPSA) is 12.0 Å². The van der Waals surface area contributed by atoms with Gasteiger partial charge in [0.1, 0.15) is 11.6 Å². The molecule has 1 saturated carbocycles. The zero-order valence-electron chi connectivity index (χ0n) is 11.6. The van der Waals surface area contributed by atoms with Gasteiger partial charge < -0.3 is 5.32 Å². The van der Waals surface area contributed by atoms with Crippen LogP contribution in [0.15, 0.2) is 16.6 Å². The minimum Gasteiger partial charge on any atom is -0.380 e. The molecule has 0 bridgehead atoms. The first-order valence-corrected chi connectivity index (χ1v) is 7.49. The van der Waals surface area contributed by atoms with Crippen molar-refractivity contribution in [3.63, 3.8) is 0 Å². The number of nitrogens with one attached hydrogen (secondary N) is 1. The molecule has 19 heavy (non-hydrogen) atoms. The molecule has 0 spiro atoms. The van der Waals surface area contributed by atoms with Crippen LogP contribution in [0.2, 0.25) is 0 Å². The summed E-state index contributed by atoms with van der Waals surface area (Å²) < 4.78 is 27.2. The van der Waals surface area contributed by atoms with E-state index in [1.54, 1.807) is 0 Å². The molecular formula is C15H20BrF2N. The number of halogens is 3. The van der Waals surface area contributed by atoms with Gasteiger partial charge in [-0.25, -0.2) is 8.78 Å². The quantitative estimate of drug-likeness (QED) is 0.720. The largest absolute Gasteiger partial charge is 0.380 e. The lowest BCUT2D eigenvalue weighted by molar-refractivity contribution is 0.177. The van der Waals surface area contributed by atoms with Crippen LogP contribution in [-0.2, 0) is 0 Å². The molecule has 1 N–H and O–H groups in total. The van der Waals surface area contributed by atoms with E-state index in [-0.39, 0.29) is 6.04 Å². The van der Waals surface area contributed by atoms with Gasteiger partial charge in [0.05, 0.1) is 10.2 Å². The fourth-order valence-electron chi connectivity index (χ4n) is 2.99. The Labute approximate surface area is 121 Å². The van der Waals surface area contributed by atoms with Gasteiger partial charge in [0.15, 0.2) is 0 Å². The van der Waals surface area contributed by atoms with Crippen LogP contribution in [0.3, 0.4) is 0 Å². The Morgan fingerprint density at radius 1 is 1.26 bits per heavy atom. The van der Waals surface area contributed by atoms with Gasteiger partial charge in [0.2, 0.25) is 0 Å². The second-order valence-corrected chi connectivity index (χ2v) is 7.24. The summed E-state index contributed by atoms with van der Waals surface area (Å²) in [5.74, 6) is -0.620. The first-order chi connectivity index (χ1) is 8.78. The van der Waals surface area contributed by atoms with E-state index in [2.05, 4.69) is 42.0 Å². The second-order valence-electron chi connectivity index (χ2n) is 6.38. The monoisotopic (exact) mass is 331 g/mol. The van der Waals surface area contributed by atoms with Gasteiger partial charge in [-0.1, -0.05) is 20.8 Å². The SMILES string of the molecule is CC1CC(C)(C)CCC1Nc1cc(Br)c(F)cc1F. The normalized spacial score (nSPS) is 26.2. The summed E-state index contributed by atoms with van der Waals surface area (Å²) in [5.41, 5.74) is 0.740. The minimum absolute atomic E-state index is 0.250. The summed E-state index contributed by atoms with van der Waals surface area (Å²) in [7, 11) is 0. The molecule has 106 valence electrons. The molecule has 0 saturated heterocycles. The lowest BCUT2D eigenvalue weighted by Crippen LogP contribution is -2.37. The van der Waals surface area contributed by atoms with E-state index in [1.165, 1.54) is 6.07 Å². The molecule has 0 aliphatic heterocycles. The van der Waals surface area contributed by atoms with E-state index in [0.29, 0.717) is 21.5 Å². The van der Waals surface area contributed by atoms with Crippen LogP contribution in [-0.4, -0.2) is 6.04 Å². The predicted molar refractivity (Wildman–Crippen MR) is 78.3 cm³/mol. The van der Waals surface area contributed by atoms with Gasteiger partial charge in [-0.05, 0) is 52.6 Å². The zero-order chi connectivity index (χ0) is 14.2. The van der Waals surface area contributed by atoms with Crippen molar-refractivity contribution in [2.24, 2.45) is 11.3 Å². The highest BCUT2D eigenvalue weighted by atomic mass is 79.9. The first kappa shape index (κ1) is 14.8. The van der Waals surface area contributed by atoms with Gasteiger partial charge in [-0.15, -0.1) is 0 Å². The molecule has 1 fully saturated rings. The number of rotatable bonds is 2. The third kappa shape index (κ3) is 3.47. The molecule has 2 unspecified atom stereocenters. The summed E-state index contributed by atoms with van der Waals surface area (Å²) in [6, 6.07) is 2.65. The number of hydrogen-bond acceptors (Lipinski definition) is 1. The average Bonchev–Trinajstić information content (AvgIpc) is 2.28. The Kier molecular flexibility index (Phi) is 4.19. The van der Waals surface area contributed by atoms with E-state index in [4.69, 9.17) is 0 Å². The highest BCUT2D eigenvalue weighted by molar-refractivity contribution is 9.10. The molecule has 0 aromatic heterocycles. The Morgan fingerprint density at radius 2 is 1.95 bits per heavy atom. The maximum atomic E-state index is 13.7. The van der Waals surface area contributed by atoms with Crippen molar-refractivity contribution in [3.8, 4) is 0 Å². The molecule has 0 heterocycles. The third-order valence-electron chi connectivity index (χ3n) is 4.04. The van der Waals surface area contributed by atoms with Crippen molar-refractivity contribution in [3.05, 3.63) is 28.2 Å². The van der Waals surface area contributed by atoms with Gasteiger partial charge >= 0.3 is 0 Å². The summed E-state index contributed by atoms with van der Waals surface area (Å²) in [4.78, 5) is 0. The van der Waals surface area contributed by atoms with Crippen LogP contribution in [0.5, 0.6) is 0 Å². The van der Waals surface area contributed by atoms with Gasteiger partial charge in [-0.3, -0.25) is 0 Å². The molecular weight excluding hydrogens is 312 g/mol. The van der Waals surface area contributed by atoms with Crippen LogP contribution < -0.4 is 5.32 Å². The predicted octanol–water partition coefficient (Wildman–Crippen LogP) is 5.35.